The van der Waals surface area contributed by atoms with Crippen molar-refractivity contribution in [2.45, 2.75) is 6.92 Å². The van der Waals surface area contributed by atoms with Crippen LogP contribution in [0.5, 0.6) is 0 Å². The van der Waals surface area contributed by atoms with Crippen LogP contribution >= 0.6 is 11.3 Å². The summed E-state index contributed by atoms with van der Waals surface area (Å²) in [5, 5.41) is 3.84. The Kier molecular flexibility index (Phi) is 2.72. The maximum absolute atomic E-state index is 12.0. The zero-order valence-electron chi connectivity index (χ0n) is 10.2. The van der Waals surface area contributed by atoms with Crippen molar-refractivity contribution in [3.63, 3.8) is 0 Å². The van der Waals surface area contributed by atoms with E-state index in [-0.39, 0.29) is 5.91 Å². The highest BCUT2D eigenvalue weighted by Crippen LogP contribution is 2.25. The lowest BCUT2D eigenvalue weighted by Gasteiger charge is -2.03. The Bertz CT molecular complexity index is 759. The molecule has 0 fully saturated rings. The molecule has 0 aliphatic carbocycles. The molecule has 0 saturated heterocycles. The Morgan fingerprint density at radius 3 is 3.00 bits per heavy atom. The van der Waals surface area contributed by atoms with Crippen molar-refractivity contribution in [3.05, 3.63) is 41.2 Å². The Balaban J connectivity index is 1.86. The van der Waals surface area contributed by atoms with Crippen LogP contribution in [0.3, 0.4) is 0 Å². The summed E-state index contributed by atoms with van der Waals surface area (Å²) in [5.41, 5.74) is 8.25. The molecule has 1 amide bonds. The smallest absolute Gasteiger partial charge is 0.272 e. The molecule has 0 spiro atoms. The molecule has 2 aromatic heterocycles. The van der Waals surface area contributed by atoms with Gasteiger partial charge in [0.2, 0.25) is 0 Å². The number of H-pyrrole nitrogens is 1. The maximum atomic E-state index is 12.0. The average Bonchev–Trinajstić information content (AvgIpc) is 2.93. The minimum absolute atomic E-state index is 0.211. The van der Waals surface area contributed by atoms with E-state index in [0.29, 0.717) is 11.4 Å². The van der Waals surface area contributed by atoms with E-state index in [0.717, 1.165) is 20.9 Å². The fraction of sp³-hybridized carbons (Fsp3) is 0.0769. The summed E-state index contributed by atoms with van der Waals surface area (Å²) in [6, 6.07) is 7.26. The van der Waals surface area contributed by atoms with Crippen molar-refractivity contribution in [2.24, 2.45) is 0 Å². The van der Waals surface area contributed by atoms with Crippen molar-refractivity contribution in [2.75, 3.05) is 11.1 Å². The van der Waals surface area contributed by atoms with E-state index < -0.39 is 0 Å². The number of carbonyl (C=O) groups is 1. The molecule has 19 heavy (non-hydrogen) atoms. The number of rotatable bonds is 2. The van der Waals surface area contributed by atoms with Gasteiger partial charge in [0.05, 0.1) is 15.2 Å². The number of carbonyl (C=O) groups excluding carboxylic acids is 1. The monoisotopic (exact) mass is 272 g/mol. The topological polar surface area (TPSA) is 83.8 Å². The number of anilines is 2. The Morgan fingerprint density at radius 1 is 1.42 bits per heavy atom. The normalized spacial score (nSPS) is 10.8. The van der Waals surface area contributed by atoms with Crippen molar-refractivity contribution in [1.82, 2.24) is 9.97 Å². The van der Waals surface area contributed by atoms with Crippen molar-refractivity contribution in [1.29, 1.82) is 0 Å². The summed E-state index contributed by atoms with van der Waals surface area (Å²) in [7, 11) is 0. The summed E-state index contributed by atoms with van der Waals surface area (Å²) >= 11 is 1.60. The Hall–Kier alpha value is -2.34. The summed E-state index contributed by atoms with van der Waals surface area (Å²) in [4.78, 5) is 19.2. The summed E-state index contributed by atoms with van der Waals surface area (Å²) in [6.07, 6.45) is 1.59. The first-order chi connectivity index (χ1) is 9.11. The zero-order valence-corrected chi connectivity index (χ0v) is 11.0. The van der Waals surface area contributed by atoms with E-state index in [1.165, 1.54) is 0 Å². The second-order valence-electron chi connectivity index (χ2n) is 4.22. The van der Waals surface area contributed by atoms with Crippen LogP contribution in [0.15, 0.2) is 30.5 Å². The van der Waals surface area contributed by atoms with Crippen LogP contribution in [0.4, 0.5) is 11.4 Å². The number of nitrogens with zero attached hydrogens (tertiary/aromatic N) is 1. The number of benzene rings is 1. The van der Waals surface area contributed by atoms with Crippen LogP contribution in [0.25, 0.3) is 10.2 Å². The van der Waals surface area contributed by atoms with Gasteiger partial charge in [0.15, 0.2) is 0 Å². The molecular weight excluding hydrogens is 260 g/mol. The van der Waals surface area contributed by atoms with Crippen LogP contribution in [0.1, 0.15) is 15.5 Å². The molecule has 96 valence electrons. The highest BCUT2D eigenvalue weighted by molar-refractivity contribution is 7.18. The predicted molar refractivity (Wildman–Crippen MR) is 77.5 cm³/mol. The van der Waals surface area contributed by atoms with Crippen LogP contribution in [0.2, 0.25) is 0 Å². The first-order valence-corrected chi connectivity index (χ1v) is 6.56. The van der Waals surface area contributed by atoms with Crippen LogP contribution < -0.4 is 11.1 Å². The number of nitrogens with two attached hydrogens (primary N) is 1. The van der Waals surface area contributed by atoms with Crippen LogP contribution in [-0.2, 0) is 0 Å². The van der Waals surface area contributed by atoms with E-state index in [1.54, 1.807) is 23.6 Å². The lowest BCUT2D eigenvalue weighted by atomic mass is 10.3. The molecule has 3 rings (SSSR count). The van der Waals surface area contributed by atoms with E-state index in [9.17, 15) is 4.79 Å². The molecule has 0 aliphatic rings. The molecule has 0 aliphatic heterocycles. The first-order valence-electron chi connectivity index (χ1n) is 5.74. The van der Waals surface area contributed by atoms with Crippen molar-refractivity contribution in [3.8, 4) is 0 Å². The van der Waals surface area contributed by atoms with Gasteiger partial charge in [0.25, 0.3) is 5.91 Å². The highest BCUT2D eigenvalue weighted by atomic mass is 32.1. The number of amides is 1. The fourth-order valence-electron chi connectivity index (χ4n) is 1.86. The van der Waals surface area contributed by atoms with Crippen LogP contribution in [0, 0.1) is 6.92 Å². The number of aromatic nitrogens is 2. The highest BCUT2D eigenvalue weighted by Gasteiger charge is 2.09. The molecule has 5 nitrogen and oxygen atoms in total. The third kappa shape index (κ3) is 2.30. The molecule has 0 saturated carbocycles. The molecule has 3 aromatic rings. The Labute approximate surface area is 113 Å². The minimum Gasteiger partial charge on any atom is -0.397 e. The van der Waals surface area contributed by atoms with Gasteiger partial charge in [0.1, 0.15) is 5.69 Å². The molecule has 0 radical (unpaired) electrons. The quantitative estimate of drug-likeness (QED) is 0.670. The van der Waals surface area contributed by atoms with Gasteiger partial charge >= 0.3 is 0 Å². The number of fused-ring (bicyclic) bond motifs is 1. The zero-order chi connectivity index (χ0) is 13.4. The predicted octanol–water partition coefficient (Wildman–Crippen LogP) is 2.77. The average molecular weight is 272 g/mol. The maximum Gasteiger partial charge on any atom is 0.272 e. The lowest BCUT2D eigenvalue weighted by Crippen LogP contribution is -2.11. The van der Waals surface area contributed by atoms with E-state index in [2.05, 4.69) is 15.3 Å². The number of aromatic amines is 1. The molecule has 0 bridgehead atoms. The van der Waals surface area contributed by atoms with Gasteiger partial charge in [-0.3, -0.25) is 4.79 Å². The van der Waals surface area contributed by atoms with E-state index >= 15 is 0 Å². The Morgan fingerprint density at radius 2 is 2.26 bits per heavy atom. The minimum atomic E-state index is -0.211. The van der Waals surface area contributed by atoms with Gasteiger partial charge in [-0.25, -0.2) is 4.98 Å². The number of hydrogen-bond donors (Lipinski definition) is 3. The van der Waals surface area contributed by atoms with E-state index in [1.807, 2.05) is 25.1 Å². The third-order valence-corrected chi connectivity index (χ3v) is 3.64. The van der Waals surface area contributed by atoms with Gasteiger partial charge in [-0.15, -0.1) is 11.3 Å². The molecule has 0 atom stereocenters. The second-order valence-corrected chi connectivity index (χ2v) is 5.45. The largest absolute Gasteiger partial charge is 0.397 e. The third-order valence-electron chi connectivity index (χ3n) is 2.70. The SMILES string of the molecule is Cc1nc2ccc(NC(=O)c3cc(N)c[nH]3)cc2s1. The standard InChI is InChI=1S/C13H12N4OS/c1-7-16-10-3-2-9(5-12(10)19-7)17-13(18)11-4-8(14)6-15-11/h2-6,15H,14H2,1H3,(H,17,18). The molecule has 6 heteroatoms. The number of thiazole rings is 1. The fourth-order valence-corrected chi connectivity index (χ4v) is 2.72. The van der Waals surface area contributed by atoms with Gasteiger partial charge in [-0.2, -0.15) is 0 Å². The summed E-state index contributed by atoms with van der Waals surface area (Å²) in [6.45, 7) is 1.96. The number of hydrogen-bond acceptors (Lipinski definition) is 4. The van der Waals surface area contributed by atoms with Crippen molar-refractivity contribution >= 4 is 38.8 Å². The number of nitrogen functional groups attached to an aromatic ring is 1. The first kappa shape index (κ1) is 11.7. The molecule has 2 heterocycles. The van der Waals surface area contributed by atoms with E-state index in [4.69, 9.17) is 5.73 Å². The molecule has 0 unspecified atom stereocenters. The van der Waals surface area contributed by atoms with Crippen LogP contribution in [-0.4, -0.2) is 15.9 Å². The van der Waals surface area contributed by atoms with Gasteiger partial charge < -0.3 is 16.0 Å². The number of nitrogens with one attached hydrogen (secondary N) is 2. The lowest BCUT2D eigenvalue weighted by molar-refractivity contribution is 0.102. The van der Waals surface area contributed by atoms with Gasteiger partial charge in [0, 0.05) is 17.6 Å². The summed E-state index contributed by atoms with van der Waals surface area (Å²) < 4.78 is 1.06. The molecule has 1 aromatic carbocycles. The molecular formula is C13H12N4OS. The summed E-state index contributed by atoms with van der Waals surface area (Å²) in [5.74, 6) is -0.211. The van der Waals surface area contributed by atoms with Gasteiger partial charge in [-0.1, -0.05) is 0 Å². The second kappa shape index (κ2) is 4.40. The number of aryl methyl sites for hydroxylation is 1. The molecule has 4 N–H and O–H groups in total. The van der Waals surface area contributed by atoms with Gasteiger partial charge in [-0.05, 0) is 31.2 Å². The van der Waals surface area contributed by atoms with Crippen molar-refractivity contribution < 1.29 is 4.79 Å².